The summed E-state index contributed by atoms with van der Waals surface area (Å²) in [7, 11) is 0. The van der Waals surface area contributed by atoms with Gasteiger partial charge in [-0.05, 0) is 19.8 Å². The van der Waals surface area contributed by atoms with Gasteiger partial charge in [-0.25, -0.2) is 9.48 Å². The molecule has 0 aliphatic carbocycles. The van der Waals surface area contributed by atoms with Crippen molar-refractivity contribution in [2.24, 2.45) is 0 Å². The Hall–Kier alpha value is -2.12. The topological polar surface area (TPSA) is 103 Å². The average molecular weight is 295 g/mol. The van der Waals surface area contributed by atoms with Gasteiger partial charge in [0.05, 0.1) is 6.61 Å². The summed E-state index contributed by atoms with van der Waals surface area (Å²) >= 11 is 0. The molecule has 0 radical (unpaired) electrons. The lowest BCUT2D eigenvalue weighted by molar-refractivity contribution is -0.132. The zero-order valence-corrected chi connectivity index (χ0v) is 12.2. The summed E-state index contributed by atoms with van der Waals surface area (Å²) in [5, 5.41) is 7.46. The molecule has 0 atom stereocenters. The molecule has 1 amide bonds. The average Bonchev–Trinajstić information content (AvgIpc) is 2.69. The zero-order valence-electron chi connectivity index (χ0n) is 12.2. The van der Waals surface area contributed by atoms with Crippen LogP contribution in [0.4, 0.5) is 5.82 Å². The van der Waals surface area contributed by atoms with Crippen LogP contribution < -0.4 is 5.73 Å². The third kappa shape index (κ3) is 3.71. The Labute approximate surface area is 123 Å². The number of hydrogen-bond acceptors (Lipinski definition) is 6. The van der Waals surface area contributed by atoms with Crippen molar-refractivity contribution in [3.05, 3.63) is 5.69 Å². The summed E-state index contributed by atoms with van der Waals surface area (Å²) in [5.41, 5.74) is 5.77. The highest BCUT2D eigenvalue weighted by atomic mass is 16.5. The first-order valence-corrected chi connectivity index (χ1v) is 7.27. The van der Waals surface area contributed by atoms with E-state index < -0.39 is 5.97 Å². The lowest BCUT2D eigenvalue weighted by atomic mass is 10.2. The van der Waals surface area contributed by atoms with Crippen molar-refractivity contribution in [1.29, 1.82) is 0 Å². The van der Waals surface area contributed by atoms with E-state index in [9.17, 15) is 9.59 Å². The minimum atomic E-state index is -0.622. The second-order valence-electron chi connectivity index (χ2n) is 5.00. The van der Waals surface area contributed by atoms with E-state index in [1.165, 1.54) is 4.68 Å². The smallest absolute Gasteiger partial charge is 0.362 e. The Kier molecular flexibility index (Phi) is 5.13. The molecular formula is C13H21N5O3. The van der Waals surface area contributed by atoms with Crippen molar-refractivity contribution in [2.45, 2.75) is 39.2 Å². The summed E-state index contributed by atoms with van der Waals surface area (Å²) in [5.74, 6) is -0.607. The lowest BCUT2D eigenvalue weighted by Crippen LogP contribution is -2.35. The lowest BCUT2D eigenvalue weighted by Gasteiger charge is -2.20. The number of aromatic nitrogens is 3. The van der Waals surface area contributed by atoms with Gasteiger partial charge >= 0.3 is 5.97 Å². The SMILES string of the molecule is CCOC(=O)c1nnn(CC(=O)N2CCCCCC2)c1N. The maximum atomic E-state index is 12.2. The number of anilines is 1. The largest absolute Gasteiger partial charge is 0.461 e. The third-order valence-corrected chi connectivity index (χ3v) is 3.49. The highest BCUT2D eigenvalue weighted by molar-refractivity contribution is 5.92. The number of hydrogen-bond donors (Lipinski definition) is 1. The number of carbonyl (C=O) groups is 2. The van der Waals surface area contributed by atoms with Crippen molar-refractivity contribution in [3.63, 3.8) is 0 Å². The van der Waals surface area contributed by atoms with Gasteiger partial charge in [0.2, 0.25) is 11.6 Å². The van der Waals surface area contributed by atoms with Crippen molar-refractivity contribution in [2.75, 3.05) is 25.4 Å². The number of nitrogens with two attached hydrogens (primary N) is 1. The number of esters is 1. The van der Waals surface area contributed by atoms with E-state index in [0.29, 0.717) is 0 Å². The van der Waals surface area contributed by atoms with Gasteiger partial charge in [-0.15, -0.1) is 5.10 Å². The van der Waals surface area contributed by atoms with Gasteiger partial charge in [0.15, 0.2) is 5.82 Å². The van der Waals surface area contributed by atoms with Crippen LogP contribution in [0.3, 0.4) is 0 Å². The molecule has 1 aliphatic rings. The molecule has 2 heterocycles. The van der Waals surface area contributed by atoms with Crippen LogP contribution in [0.1, 0.15) is 43.1 Å². The molecule has 8 nitrogen and oxygen atoms in total. The Bertz CT molecular complexity index is 506. The van der Waals surface area contributed by atoms with E-state index in [0.717, 1.165) is 38.8 Å². The van der Waals surface area contributed by atoms with Crippen LogP contribution in [0.2, 0.25) is 0 Å². The Morgan fingerprint density at radius 1 is 1.24 bits per heavy atom. The fraction of sp³-hybridized carbons (Fsp3) is 0.692. The van der Waals surface area contributed by atoms with Gasteiger partial charge in [0, 0.05) is 13.1 Å². The summed E-state index contributed by atoms with van der Waals surface area (Å²) in [4.78, 5) is 25.7. The minimum absolute atomic E-state index is 0.00175. The van der Waals surface area contributed by atoms with E-state index in [2.05, 4.69) is 10.3 Å². The van der Waals surface area contributed by atoms with Crippen molar-refractivity contribution >= 4 is 17.7 Å². The molecule has 0 saturated carbocycles. The van der Waals surface area contributed by atoms with Gasteiger partial charge < -0.3 is 15.4 Å². The van der Waals surface area contributed by atoms with Gasteiger partial charge in [-0.3, -0.25) is 4.79 Å². The molecule has 0 aromatic carbocycles. The van der Waals surface area contributed by atoms with Crippen LogP contribution in [0, 0.1) is 0 Å². The molecule has 0 spiro atoms. The normalized spacial score (nSPS) is 15.6. The number of nitrogen functional groups attached to an aromatic ring is 1. The van der Waals surface area contributed by atoms with Crippen LogP contribution in [-0.4, -0.2) is 51.5 Å². The zero-order chi connectivity index (χ0) is 15.2. The summed E-state index contributed by atoms with van der Waals surface area (Å²) in [6.07, 6.45) is 4.35. The van der Waals surface area contributed by atoms with Crippen LogP contribution in [0.15, 0.2) is 0 Å². The molecule has 1 aromatic heterocycles. The first kappa shape index (κ1) is 15.3. The van der Waals surface area contributed by atoms with Crippen LogP contribution in [-0.2, 0) is 16.1 Å². The minimum Gasteiger partial charge on any atom is -0.461 e. The number of ether oxygens (including phenoxy) is 1. The van der Waals surface area contributed by atoms with Crippen LogP contribution >= 0.6 is 0 Å². The fourth-order valence-corrected chi connectivity index (χ4v) is 2.33. The summed E-state index contributed by atoms with van der Waals surface area (Å²) in [6, 6.07) is 0. The molecule has 2 rings (SSSR count). The standard InChI is InChI=1S/C13H21N5O3/c1-2-21-13(20)11-12(14)18(16-15-11)9-10(19)17-7-5-3-4-6-8-17/h2-9,14H2,1H3. The molecule has 0 unspecified atom stereocenters. The highest BCUT2D eigenvalue weighted by Gasteiger charge is 2.22. The van der Waals surface area contributed by atoms with E-state index in [4.69, 9.17) is 10.5 Å². The maximum Gasteiger partial charge on any atom is 0.362 e. The molecule has 21 heavy (non-hydrogen) atoms. The quantitative estimate of drug-likeness (QED) is 0.808. The molecule has 8 heteroatoms. The molecule has 2 N–H and O–H groups in total. The fourth-order valence-electron chi connectivity index (χ4n) is 2.33. The number of nitrogens with zero attached hydrogens (tertiary/aromatic N) is 4. The van der Waals surface area contributed by atoms with Gasteiger partial charge in [-0.2, -0.15) is 0 Å². The predicted molar refractivity (Wildman–Crippen MR) is 75.4 cm³/mol. The first-order chi connectivity index (χ1) is 10.1. The Balaban J connectivity index is 2.02. The second-order valence-corrected chi connectivity index (χ2v) is 5.00. The highest BCUT2D eigenvalue weighted by Crippen LogP contribution is 2.12. The maximum absolute atomic E-state index is 12.2. The van der Waals surface area contributed by atoms with E-state index in [1.54, 1.807) is 6.92 Å². The third-order valence-electron chi connectivity index (χ3n) is 3.49. The first-order valence-electron chi connectivity index (χ1n) is 7.27. The molecule has 1 aromatic rings. The molecule has 1 fully saturated rings. The molecule has 116 valence electrons. The summed E-state index contributed by atoms with van der Waals surface area (Å²) in [6.45, 7) is 3.45. The number of amides is 1. The number of rotatable bonds is 4. The van der Waals surface area contributed by atoms with Crippen molar-refractivity contribution in [1.82, 2.24) is 19.9 Å². The molecule has 1 aliphatic heterocycles. The van der Waals surface area contributed by atoms with E-state index in [-0.39, 0.29) is 30.6 Å². The number of likely N-dealkylation sites (tertiary alicyclic amines) is 1. The van der Waals surface area contributed by atoms with Gasteiger partial charge in [0.1, 0.15) is 6.54 Å². The molecule has 0 bridgehead atoms. The second kappa shape index (κ2) is 7.05. The van der Waals surface area contributed by atoms with E-state index >= 15 is 0 Å². The van der Waals surface area contributed by atoms with Crippen LogP contribution in [0.5, 0.6) is 0 Å². The number of carbonyl (C=O) groups excluding carboxylic acids is 2. The van der Waals surface area contributed by atoms with Crippen LogP contribution in [0.25, 0.3) is 0 Å². The molecule has 1 saturated heterocycles. The predicted octanol–water partition coefficient (Wildman–Crippen LogP) is 0.440. The van der Waals surface area contributed by atoms with Gasteiger partial charge in [0.25, 0.3) is 0 Å². The van der Waals surface area contributed by atoms with Crippen molar-refractivity contribution in [3.8, 4) is 0 Å². The Morgan fingerprint density at radius 2 is 1.90 bits per heavy atom. The Morgan fingerprint density at radius 3 is 2.52 bits per heavy atom. The van der Waals surface area contributed by atoms with Crippen molar-refractivity contribution < 1.29 is 14.3 Å². The van der Waals surface area contributed by atoms with E-state index in [1.807, 2.05) is 4.90 Å². The molecular weight excluding hydrogens is 274 g/mol. The summed E-state index contributed by atoms with van der Waals surface area (Å²) < 4.78 is 6.08. The van der Waals surface area contributed by atoms with Gasteiger partial charge in [-0.1, -0.05) is 18.1 Å². The monoisotopic (exact) mass is 295 g/mol.